The molecular formula is C20H18N4O2. The molecule has 1 aliphatic rings. The lowest BCUT2D eigenvalue weighted by Crippen LogP contribution is -1.91. The molecule has 6 nitrogen and oxygen atoms in total. The van der Waals surface area contributed by atoms with Crippen LogP contribution in [0.15, 0.2) is 124 Å². The molecular weight excluding hydrogens is 328 g/mol. The summed E-state index contributed by atoms with van der Waals surface area (Å²) in [6.45, 7) is 0. The molecule has 0 amide bonds. The van der Waals surface area contributed by atoms with Gasteiger partial charge in [0.1, 0.15) is 0 Å². The maximum atomic E-state index is 5.10. The Balaban J connectivity index is 2.10. The second-order valence-electron chi connectivity index (χ2n) is 4.70. The quantitative estimate of drug-likeness (QED) is 0.536. The standard InChI is InChI=1S/C20H18N4O2/c1-2-4-6-8-10-14-18-21-22-23-24-26-25-20-17-13-12-16-19(20)15-11-9-7-5-3-1/h1-18H/b2-1-,5-3-,6-4-,9-7+,10-8-,15-11-,18-14-,22-21+,24-23-. The molecule has 0 unspecified atom stereocenters. The lowest BCUT2D eigenvalue weighted by atomic mass is 10.2. The summed E-state index contributed by atoms with van der Waals surface area (Å²) >= 11 is 0. The zero-order chi connectivity index (χ0) is 18.1. The summed E-state index contributed by atoms with van der Waals surface area (Å²) < 4.78 is 0. The van der Waals surface area contributed by atoms with Gasteiger partial charge in [-0.25, -0.2) is 0 Å². The van der Waals surface area contributed by atoms with Crippen molar-refractivity contribution in [3.63, 3.8) is 0 Å². The van der Waals surface area contributed by atoms with Crippen molar-refractivity contribution in [3.05, 3.63) is 109 Å². The first-order chi connectivity index (χ1) is 13.0. The van der Waals surface area contributed by atoms with Gasteiger partial charge in [0, 0.05) is 10.8 Å². The molecule has 1 aromatic rings. The number of rotatable bonds is 0. The fourth-order valence-electron chi connectivity index (χ4n) is 1.72. The van der Waals surface area contributed by atoms with Crippen LogP contribution in [0.1, 0.15) is 5.56 Å². The molecule has 0 fully saturated rings. The SMILES string of the molecule is C1=C\C=C/C=C\N=N\N=N/OOc2ccccc2\C=C/C=C/C=C\C=C/1. The Morgan fingerprint density at radius 3 is 1.96 bits per heavy atom. The first kappa shape index (κ1) is 18.5. The van der Waals surface area contributed by atoms with Gasteiger partial charge >= 0.3 is 0 Å². The molecule has 0 aromatic heterocycles. The Kier molecular flexibility index (Phi) is 8.98. The zero-order valence-electron chi connectivity index (χ0n) is 14.0. The first-order valence-corrected chi connectivity index (χ1v) is 7.86. The van der Waals surface area contributed by atoms with Gasteiger partial charge in [0.15, 0.2) is 5.75 Å². The van der Waals surface area contributed by atoms with Gasteiger partial charge in [-0.1, -0.05) is 91.1 Å². The van der Waals surface area contributed by atoms with Crippen LogP contribution in [0.5, 0.6) is 5.75 Å². The molecule has 0 N–H and O–H groups in total. The molecule has 26 heavy (non-hydrogen) atoms. The van der Waals surface area contributed by atoms with E-state index in [0.717, 1.165) is 5.56 Å². The molecule has 0 radical (unpaired) electrons. The lowest BCUT2D eigenvalue weighted by Gasteiger charge is -2.02. The first-order valence-electron chi connectivity index (χ1n) is 7.86. The Bertz CT molecular complexity index is 813. The fourth-order valence-corrected chi connectivity index (χ4v) is 1.72. The molecule has 1 heterocycles. The third-order valence-electron chi connectivity index (χ3n) is 2.86. The van der Waals surface area contributed by atoms with Crippen molar-refractivity contribution in [2.24, 2.45) is 20.8 Å². The van der Waals surface area contributed by atoms with Gasteiger partial charge < -0.3 is 0 Å². The van der Waals surface area contributed by atoms with Gasteiger partial charge in [0.2, 0.25) is 0 Å². The number of allylic oxidation sites excluding steroid dienone is 12. The largest absolute Gasteiger partial charge is 0.265 e. The smallest absolute Gasteiger partial charge is 0.188 e. The number of hydrogen-bond acceptors (Lipinski definition) is 6. The molecule has 130 valence electrons. The molecule has 6 heteroatoms. The molecule has 0 saturated carbocycles. The Morgan fingerprint density at radius 2 is 1.23 bits per heavy atom. The summed E-state index contributed by atoms with van der Waals surface area (Å²) in [5.41, 5.74) is 0.833. The second-order valence-corrected chi connectivity index (χ2v) is 4.70. The van der Waals surface area contributed by atoms with Crippen LogP contribution < -0.4 is 4.89 Å². The summed E-state index contributed by atoms with van der Waals surface area (Å²) in [7, 11) is 0. The number of benzene rings is 1. The highest BCUT2D eigenvalue weighted by molar-refractivity contribution is 5.58. The van der Waals surface area contributed by atoms with Crippen molar-refractivity contribution in [2.45, 2.75) is 0 Å². The van der Waals surface area contributed by atoms with Crippen LogP contribution in [0.25, 0.3) is 6.08 Å². The molecule has 1 aromatic carbocycles. The molecule has 1 aliphatic heterocycles. The molecule has 0 atom stereocenters. The third kappa shape index (κ3) is 8.16. The molecule has 0 spiro atoms. The van der Waals surface area contributed by atoms with E-state index >= 15 is 0 Å². The molecule has 2 rings (SSSR count). The lowest BCUT2D eigenvalue weighted by molar-refractivity contribution is -0.216. The van der Waals surface area contributed by atoms with Gasteiger partial charge in [0.05, 0.1) is 11.5 Å². The third-order valence-corrected chi connectivity index (χ3v) is 2.86. The predicted molar refractivity (Wildman–Crippen MR) is 102 cm³/mol. The minimum absolute atomic E-state index is 0.505. The minimum atomic E-state index is 0.505. The van der Waals surface area contributed by atoms with Crippen LogP contribution >= 0.6 is 0 Å². The van der Waals surface area contributed by atoms with Crippen LogP contribution in [0.3, 0.4) is 0 Å². The number of nitrogens with zero attached hydrogens (tertiary/aromatic N) is 4. The summed E-state index contributed by atoms with van der Waals surface area (Å²) in [4.78, 5) is 9.76. The van der Waals surface area contributed by atoms with E-state index in [1.54, 1.807) is 12.1 Å². The van der Waals surface area contributed by atoms with Crippen molar-refractivity contribution in [3.8, 4) is 5.75 Å². The van der Waals surface area contributed by atoms with Crippen LogP contribution in [0.2, 0.25) is 0 Å². The second kappa shape index (κ2) is 12.6. The van der Waals surface area contributed by atoms with E-state index in [4.69, 9.17) is 4.89 Å². The van der Waals surface area contributed by atoms with Crippen molar-refractivity contribution in [1.82, 2.24) is 0 Å². The predicted octanol–water partition coefficient (Wildman–Crippen LogP) is 6.05. The monoisotopic (exact) mass is 346 g/mol. The van der Waals surface area contributed by atoms with Crippen molar-refractivity contribution in [2.75, 3.05) is 0 Å². The fraction of sp³-hybridized carbons (Fsp3) is 0. The van der Waals surface area contributed by atoms with Gasteiger partial charge in [0.25, 0.3) is 0 Å². The zero-order valence-corrected chi connectivity index (χ0v) is 14.0. The topological polar surface area (TPSA) is 67.9 Å². The van der Waals surface area contributed by atoms with Crippen LogP contribution in [0.4, 0.5) is 0 Å². The van der Waals surface area contributed by atoms with Crippen LogP contribution in [-0.4, -0.2) is 0 Å². The summed E-state index contributed by atoms with van der Waals surface area (Å²) in [6, 6.07) is 7.37. The summed E-state index contributed by atoms with van der Waals surface area (Å²) in [5.74, 6) is 0.505. The van der Waals surface area contributed by atoms with E-state index in [-0.39, 0.29) is 0 Å². The summed E-state index contributed by atoms with van der Waals surface area (Å²) in [5, 5.41) is 13.8. The van der Waals surface area contributed by atoms with E-state index in [2.05, 4.69) is 25.8 Å². The normalized spacial score (nSPS) is 26.0. The van der Waals surface area contributed by atoms with E-state index < -0.39 is 0 Å². The van der Waals surface area contributed by atoms with E-state index in [1.807, 2.05) is 91.1 Å². The van der Waals surface area contributed by atoms with Crippen molar-refractivity contribution < 1.29 is 9.88 Å². The van der Waals surface area contributed by atoms with Gasteiger partial charge in [-0.15, -0.1) is 10.1 Å². The molecule has 0 saturated heterocycles. The maximum absolute atomic E-state index is 5.10. The molecule has 0 bridgehead atoms. The number of fused-ring (bicyclic) bond motifs is 1. The maximum Gasteiger partial charge on any atom is 0.188 e. The average Bonchev–Trinajstić information content (AvgIpc) is 2.66. The van der Waals surface area contributed by atoms with E-state index in [0.29, 0.717) is 5.75 Å². The Labute approximate surface area is 152 Å². The number of para-hydroxylation sites is 1. The van der Waals surface area contributed by atoms with Gasteiger partial charge in [-0.05, 0) is 17.4 Å². The van der Waals surface area contributed by atoms with Crippen molar-refractivity contribution >= 4 is 6.08 Å². The van der Waals surface area contributed by atoms with E-state index in [9.17, 15) is 0 Å². The Morgan fingerprint density at radius 1 is 0.615 bits per heavy atom. The Hall–Kier alpha value is -3.80. The van der Waals surface area contributed by atoms with Crippen molar-refractivity contribution in [1.29, 1.82) is 0 Å². The highest BCUT2D eigenvalue weighted by Crippen LogP contribution is 2.19. The minimum Gasteiger partial charge on any atom is -0.265 e. The van der Waals surface area contributed by atoms with E-state index in [1.165, 1.54) is 6.20 Å². The van der Waals surface area contributed by atoms with Gasteiger partial charge in [-0.3, -0.25) is 4.89 Å². The van der Waals surface area contributed by atoms with Gasteiger partial charge in [-0.2, -0.15) is 0 Å². The highest BCUT2D eigenvalue weighted by atomic mass is 17.3. The van der Waals surface area contributed by atoms with Crippen LogP contribution in [-0.2, 0) is 4.99 Å². The van der Waals surface area contributed by atoms with Crippen LogP contribution in [0, 0.1) is 0 Å². The summed E-state index contributed by atoms with van der Waals surface area (Å²) in [6.07, 6.45) is 26.1. The number of hydrogen-bond donors (Lipinski definition) is 0. The average molecular weight is 346 g/mol. The molecule has 0 aliphatic carbocycles. The highest BCUT2D eigenvalue weighted by Gasteiger charge is 2.00.